The van der Waals surface area contributed by atoms with E-state index >= 15 is 0 Å². The molecule has 28 heavy (non-hydrogen) atoms. The van der Waals surface area contributed by atoms with Crippen molar-refractivity contribution in [2.45, 2.75) is 6.92 Å². The molecule has 6 nitrogen and oxygen atoms in total. The summed E-state index contributed by atoms with van der Waals surface area (Å²) in [5, 5.41) is 2.57. The van der Waals surface area contributed by atoms with Gasteiger partial charge in [0.25, 0.3) is 11.1 Å². The zero-order valence-electron chi connectivity index (χ0n) is 15.4. The highest BCUT2D eigenvalue weighted by Crippen LogP contribution is 2.34. The van der Waals surface area contributed by atoms with Crippen LogP contribution in [0.1, 0.15) is 12.5 Å². The number of methoxy groups -OCH3 is 1. The molecule has 0 unspecified atom stereocenters. The Hall–Kier alpha value is -3.00. The molecular formula is C20H19FN2O4S. The largest absolute Gasteiger partial charge is 0.493 e. The van der Waals surface area contributed by atoms with Crippen molar-refractivity contribution in [1.82, 2.24) is 4.90 Å². The van der Waals surface area contributed by atoms with Crippen molar-refractivity contribution >= 4 is 34.7 Å². The number of halogens is 1. The summed E-state index contributed by atoms with van der Waals surface area (Å²) in [5.74, 6) is 0.412. The third-order valence-corrected chi connectivity index (χ3v) is 4.85. The Morgan fingerprint density at radius 2 is 1.89 bits per heavy atom. The van der Waals surface area contributed by atoms with E-state index in [9.17, 15) is 14.0 Å². The highest BCUT2D eigenvalue weighted by molar-refractivity contribution is 8.18. The lowest BCUT2D eigenvalue weighted by Gasteiger charge is -2.14. The van der Waals surface area contributed by atoms with E-state index in [4.69, 9.17) is 9.47 Å². The fourth-order valence-corrected chi connectivity index (χ4v) is 3.41. The molecule has 1 saturated heterocycles. The summed E-state index contributed by atoms with van der Waals surface area (Å²) < 4.78 is 23.7. The topological polar surface area (TPSA) is 67.9 Å². The fourth-order valence-electron chi connectivity index (χ4n) is 2.57. The van der Waals surface area contributed by atoms with Crippen LogP contribution in [-0.4, -0.2) is 36.4 Å². The molecule has 0 saturated carbocycles. The van der Waals surface area contributed by atoms with Crippen molar-refractivity contribution in [3.8, 4) is 11.5 Å². The van der Waals surface area contributed by atoms with E-state index in [1.807, 2.05) is 6.92 Å². The average molecular weight is 402 g/mol. The number of ether oxygens (including phenoxy) is 2. The molecule has 1 heterocycles. The van der Waals surface area contributed by atoms with Crippen LogP contribution >= 0.6 is 11.8 Å². The van der Waals surface area contributed by atoms with Gasteiger partial charge in [-0.2, -0.15) is 0 Å². The van der Waals surface area contributed by atoms with E-state index in [2.05, 4.69) is 5.32 Å². The summed E-state index contributed by atoms with van der Waals surface area (Å²) in [7, 11) is 1.54. The number of nitrogens with one attached hydrogen (secondary N) is 1. The molecule has 2 amide bonds. The van der Waals surface area contributed by atoms with Crippen LogP contribution in [0.15, 0.2) is 47.4 Å². The van der Waals surface area contributed by atoms with Crippen LogP contribution in [0.3, 0.4) is 0 Å². The van der Waals surface area contributed by atoms with Crippen LogP contribution in [0.4, 0.5) is 14.9 Å². The molecular weight excluding hydrogens is 383 g/mol. The Labute approximate surface area is 166 Å². The second-order valence-corrected chi connectivity index (χ2v) is 6.79. The van der Waals surface area contributed by atoms with Crippen LogP contribution in [0, 0.1) is 5.82 Å². The average Bonchev–Trinajstić information content (AvgIpc) is 2.95. The Morgan fingerprint density at radius 3 is 2.57 bits per heavy atom. The number of benzene rings is 2. The number of thioether (sulfide) groups is 1. The van der Waals surface area contributed by atoms with Crippen molar-refractivity contribution in [3.05, 3.63) is 58.8 Å². The van der Waals surface area contributed by atoms with Crippen LogP contribution in [0.2, 0.25) is 0 Å². The van der Waals surface area contributed by atoms with Crippen molar-refractivity contribution < 1.29 is 23.5 Å². The number of anilines is 1. The quantitative estimate of drug-likeness (QED) is 0.695. The Bertz CT molecular complexity index is 915. The molecule has 146 valence electrons. The van der Waals surface area contributed by atoms with E-state index in [1.54, 1.807) is 24.3 Å². The van der Waals surface area contributed by atoms with Gasteiger partial charge in [-0.25, -0.2) is 4.39 Å². The zero-order valence-corrected chi connectivity index (χ0v) is 16.2. The second-order valence-electron chi connectivity index (χ2n) is 5.79. The smallest absolute Gasteiger partial charge is 0.295 e. The van der Waals surface area contributed by atoms with Crippen LogP contribution in [-0.2, 0) is 4.79 Å². The molecule has 2 aromatic carbocycles. The molecule has 1 aliphatic rings. The number of carbonyl (C=O) groups is 2. The van der Waals surface area contributed by atoms with E-state index in [-0.39, 0.29) is 17.7 Å². The molecule has 2 aromatic rings. The van der Waals surface area contributed by atoms with Gasteiger partial charge in [0.05, 0.1) is 25.3 Å². The first kappa shape index (κ1) is 19.8. The molecule has 1 fully saturated rings. The number of carbonyl (C=O) groups excluding carboxylic acids is 2. The van der Waals surface area contributed by atoms with E-state index in [0.717, 1.165) is 22.2 Å². The first-order chi connectivity index (χ1) is 13.5. The predicted octanol–water partition coefficient (Wildman–Crippen LogP) is 4.34. The van der Waals surface area contributed by atoms with Gasteiger partial charge >= 0.3 is 0 Å². The first-order valence-corrected chi connectivity index (χ1v) is 9.39. The van der Waals surface area contributed by atoms with E-state index in [0.29, 0.717) is 28.7 Å². The Morgan fingerprint density at radius 1 is 1.14 bits per heavy atom. The summed E-state index contributed by atoms with van der Waals surface area (Å²) in [6, 6.07) is 11.0. The zero-order chi connectivity index (χ0) is 20.1. The number of hydrogen-bond donors (Lipinski definition) is 1. The van der Waals surface area contributed by atoms with Crippen molar-refractivity contribution in [1.29, 1.82) is 0 Å². The molecule has 0 spiro atoms. The van der Waals surface area contributed by atoms with Gasteiger partial charge in [0.15, 0.2) is 11.5 Å². The number of rotatable bonds is 7. The van der Waals surface area contributed by atoms with Crippen LogP contribution in [0.5, 0.6) is 11.5 Å². The molecule has 0 aliphatic carbocycles. The third-order valence-electron chi connectivity index (χ3n) is 3.94. The maximum atomic E-state index is 13.0. The van der Waals surface area contributed by atoms with E-state index < -0.39 is 5.91 Å². The molecule has 3 rings (SSSR count). The number of amides is 2. The minimum Gasteiger partial charge on any atom is -0.493 e. The van der Waals surface area contributed by atoms with E-state index in [1.165, 1.54) is 31.4 Å². The molecule has 0 radical (unpaired) electrons. The van der Waals surface area contributed by atoms with Gasteiger partial charge in [-0.05, 0) is 66.7 Å². The summed E-state index contributed by atoms with van der Waals surface area (Å²) in [6.07, 6.45) is 1.64. The van der Waals surface area contributed by atoms with Gasteiger partial charge in [0, 0.05) is 5.69 Å². The Balaban J connectivity index is 1.72. The summed E-state index contributed by atoms with van der Waals surface area (Å²) in [5.41, 5.74) is 1.33. The normalized spacial score (nSPS) is 15.2. The lowest BCUT2D eigenvalue weighted by Crippen LogP contribution is -2.33. The Kier molecular flexibility index (Phi) is 6.20. The molecule has 0 bridgehead atoms. The summed E-state index contributed by atoms with van der Waals surface area (Å²) in [6.45, 7) is 2.39. The maximum absolute atomic E-state index is 13.0. The standard InChI is InChI=1S/C20H19FN2O4S/c1-3-27-16-9-4-13(10-17(16)26-2)11-18-19(24)23(20(25)28-18)12-22-15-7-5-14(21)6-8-15/h4-11,22H,3,12H2,1-2H3. The van der Waals surface area contributed by atoms with Crippen molar-refractivity contribution in [3.63, 3.8) is 0 Å². The van der Waals surface area contributed by atoms with Crippen molar-refractivity contribution in [2.75, 3.05) is 25.7 Å². The number of nitrogens with zero attached hydrogens (tertiary/aromatic N) is 1. The lowest BCUT2D eigenvalue weighted by atomic mass is 10.2. The van der Waals surface area contributed by atoms with Crippen molar-refractivity contribution in [2.24, 2.45) is 0 Å². The number of hydrogen-bond acceptors (Lipinski definition) is 6. The van der Waals surface area contributed by atoms with Crippen LogP contribution < -0.4 is 14.8 Å². The molecule has 1 N–H and O–H groups in total. The van der Waals surface area contributed by atoms with Crippen LogP contribution in [0.25, 0.3) is 6.08 Å². The molecule has 0 aromatic heterocycles. The molecule has 0 atom stereocenters. The minimum atomic E-state index is -0.391. The summed E-state index contributed by atoms with van der Waals surface area (Å²) >= 11 is 0.869. The highest BCUT2D eigenvalue weighted by Gasteiger charge is 2.34. The second kappa shape index (κ2) is 8.79. The third kappa shape index (κ3) is 4.45. The maximum Gasteiger partial charge on any atom is 0.295 e. The lowest BCUT2D eigenvalue weighted by molar-refractivity contribution is -0.122. The molecule has 8 heteroatoms. The first-order valence-electron chi connectivity index (χ1n) is 8.57. The predicted molar refractivity (Wildman–Crippen MR) is 107 cm³/mol. The highest BCUT2D eigenvalue weighted by atomic mass is 32.2. The SMILES string of the molecule is CCOc1ccc(C=C2SC(=O)N(CNc3ccc(F)cc3)C2=O)cc1OC. The van der Waals surface area contributed by atoms with Gasteiger partial charge in [-0.15, -0.1) is 0 Å². The monoisotopic (exact) mass is 402 g/mol. The van der Waals surface area contributed by atoms with Gasteiger partial charge in [-0.3, -0.25) is 14.5 Å². The fraction of sp³-hybridized carbons (Fsp3) is 0.200. The summed E-state index contributed by atoms with van der Waals surface area (Å²) in [4.78, 5) is 26.2. The van der Waals surface area contributed by atoms with Gasteiger partial charge < -0.3 is 14.8 Å². The minimum absolute atomic E-state index is 0.000236. The van der Waals surface area contributed by atoms with Gasteiger partial charge in [0.1, 0.15) is 5.82 Å². The van der Waals surface area contributed by atoms with Gasteiger partial charge in [-0.1, -0.05) is 6.07 Å². The number of imide groups is 1. The molecule has 1 aliphatic heterocycles. The van der Waals surface area contributed by atoms with Gasteiger partial charge in [0.2, 0.25) is 0 Å².